The van der Waals surface area contributed by atoms with Crippen molar-refractivity contribution in [3.8, 4) is 5.75 Å². The first-order chi connectivity index (χ1) is 9.56. The largest absolute Gasteiger partial charge is 0.508 e. The normalized spacial score (nSPS) is 11.8. The molecule has 0 saturated heterocycles. The Morgan fingerprint density at radius 2 is 2.00 bits per heavy atom. The predicted octanol–water partition coefficient (Wildman–Crippen LogP) is 0.541. The zero-order valence-corrected chi connectivity index (χ0v) is 10.4. The first-order valence-electron chi connectivity index (χ1n) is 5.86. The van der Waals surface area contributed by atoms with Crippen molar-refractivity contribution in [2.24, 2.45) is 0 Å². The maximum absolute atomic E-state index is 11.9. The summed E-state index contributed by atoms with van der Waals surface area (Å²) in [4.78, 5) is 29.7. The van der Waals surface area contributed by atoms with Crippen LogP contribution in [0, 0.1) is 0 Å². The summed E-state index contributed by atoms with van der Waals surface area (Å²) in [6, 6.07) is 4.50. The summed E-state index contributed by atoms with van der Waals surface area (Å²) >= 11 is 0. The molecule has 1 amide bonds. The first-order valence-corrected chi connectivity index (χ1v) is 5.86. The molecule has 1 atom stereocenters. The molecule has 1 aromatic heterocycles. The lowest BCUT2D eigenvalue weighted by Crippen LogP contribution is -2.42. The fraction of sp³-hybridized carbons (Fsp3) is 0.154. The van der Waals surface area contributed by atoms with Gasteiger partial charge in [0.05, 0.1) is 6.33 Å². The van der Waals surface area contributed by atoms with Crippen molar-refractivity contribution in [2.75, 3.05) is 0 Å². The molecule has 7 heteroatoms. The van der Waals surface area contributed by atoms with Crippen LogP contribution in [0.1, 0.15) is 16.1 Å². The number of phenols is 1. The average Bonchev–Trinajstić information content (AvgIpc) is 2.91. The van der Waals surface area contributed by atoms with Gasteiger partial charge in [-0.2, -0.15) is 0 Å². The second-order valence-corrected chi connectivity index (χ2v) is 4.19. The molecule has 0 radical (unpaired) electrons. The molecule has 1 aromatic carbocycles. The smallest absolute Gasteiger partial charge is 0.326 e. The minimum Gasteiger partial charge on any atom is -0.508 e. The lowest BCUT2D eigenvalue weighted by Gasteiger charge is -2.13. The van der Waals surface area contributed by atoms with Gasteiger partial charge >= 0.3 is 5.97 Å². The van der Waals surface area contributed by atoms with Gasteiger partial charge in [0.25, 0.3) is 5.91 Å². The quantitative estimate of drug-likeness (QED) is 0.635. The summed E-state index contributed by atoms with van der Waals surface area (Å²) in [6.07, 6.45) is 3.05. The maximum atomic E-state index is 11.9. The predicted molar refractivity (Wildman–Crippen MR) is 69.3 cm³/mol. The summed E-state index contributed by atoms with van der Waals surface area (Å²) in [5, 5.41) is 20.7. The number of benzene rings is 1. The standard InChI is InChI=1S/C13H13N3O4/c17-10-3-1-8(2-4-10)12(18)16-11(13(19)20)5-9-6-14-7-15-9/h1-4,6-7,11,17H,5H2,(H,14,15)(H,16,18)(H,19,20)/t11-/m0/s1. The van der Waals surface area contributed by atoms with Crippen molar-refractivity contribution in [3.63, 3.8) is 0 Å². The Balaban J connectivity index is 2.06. The van der Waals surface area contributed by atoms with E-state index in [1.165, 1.54) is 36.8 Å². The van der Waals surface area contributed by atoms with Crippen molar-refractivity contribution in [1.29, 1.82) is 0 Å². The lowest BCUT2D eigenvalue weighted by atomic mass is 10.1. The minimum absolute atomic E-state index is 0.0359. The van der Waals surface area contributed by atoms with Gasteiger partial charge in [0, 0.05) is 23.9 Å². The number of imidazole rings is 1. The zero-order valence-electron chi connectivity index (χ0n) is 10.4. The van der Waals surface area contributed by atoms with E-state index >= 15 is 0 Å². The second kappa shape index (κ2) is 5.87. The van der Waals surface area contributed by atoms with E-state index in [-0.39, 0.29) is 17.7 Å². The third-order valence-electron chi connectivity index (χ3n) is 2.71. The van der Waals surface area contributed by atoms with Crippen molar-refractivity contribution in [2.45, 2.75) is 12.5 Å². The van der Waals surface area contributed by atoms with Crippen LogP contribution in [0.15, 0.2) is 36.8 Å². The number of aromatic amines is 1. The summed E-state index contributed by atoms with van der Waals surface area (Å²) in [6.45, 7) is 0. The summed E-state index contributed by atoms with van der Waals surface area (Å²) in [7, 11) is 0. The number of rotatable bonds is 5. The van der Waals surface area contributed by atoms with E-state index in [1.807, 2.05) is 0 Å². The number of aliphatic carboxylic acids is 1. The number of nitrogens with one attached hydrogen (secondary N) is 2. The van der Waals surface area contributed by atoms with E-state index in [0.717, 1.165) is 0 Å². The molecule has 2 aromatic rings. The number of carboxylic acid groups (broad SMARTS) is 1. The first kappa shape index (κ1) is 13.6. The molecule has 0 spiro atoms. The number of phenolic OH excluding ortho intramolecular Hbond substituents is 1. The second-order valence-electron chi connectivity index (χ2n) is 4.19. The van der Waals surface area contributed by atoms with E-state index in [0.29, 0.717) is 5.69 Å². The van der Waals surface area contributed by atoms with E-state index in [9.17, 15) is 9.59 Å². The lowest BCUT2D eigenvalue weighted by molar-refractivity contribution is -0.139. The number of aromatic hydroxyl groups is 1. The fourth-order valence-electron chi connectivity index (χ4n) is 1.67. The number of aromatic nitrogens is 2. The molecule has 7 nitrogen and oxygen atoms in total. The molecule has 0 saturated carbocycles. The van der Waals surface area contributed by atoms with Crippen LogP contribution in [0.25, 0.3) is 0 Å². The van der Waals surface area contributed by atoms with Crippen molar-refractivity contribution in [3.05, 3.63) is 48.0 Å². The van der Waals surface area contributed by atoms with Crippen LogP contribution >= 0.6 is 0 Å². The number of nitrogens with zero attached hydrogens (tertiary/aromatic N) is 1. The molecule has 104 valence electrons. The highest BCUT2D eigenvalue weighted by Gasteiger charge is 2.21. The third-order valence-corrected chi connectivity index (χ3v) is 2.71. The number of amides is 1. The fourth-order valence-corrected chi connectivity index (χ4v) is 1.67. The molecular formula is C13H13N3O4. The molecule has 2 rings (SSSR count). The highest BCUT2D eigenvalue weighted by molar-refractivity contribution is 5.96. The van der Waals surface area contributed by atoms with Crippen molar-refractivity contribution < 1.29 is 19.8 Å². The summed E-state index contributed by atoms with van der Waals surface area (Å²) in [5.41, 5.74) is 0.891. The molecule has 0 aliphatic carbocycles. The molecule has 0 aliphatic rings. The molecule has 0 unspecified atom stereocenters. The maximum Gasteiger partial charge on any atom is 0.326 e. The molecule has 0 fully saturated rings. The summed E-state index contributed by atoms with van der Waals surface area (Å²) < 4.78 is 0. The van der Waals surface area contributed by atoms with Crippen molar-refractivity contribution >= 4 is 11.9 Å². The van der Waals surface area contributed by atoms with Gasteiger partial charge in [-0.25, -0.2) is 9.78 Å². The van der Waals surface area contributed by atoms with Gasteiger partial charge in [-0.3, -0.25) is 4.79 Å². The SMILES string of the molecule is O=C(N[C@@H](Cc1cnc[nH]1)C(=O)O)c1ccc(O)cc1. The van der Waals surface area contributed by atoms with Crippen LogP contribution in [0.2, 0.25) is 0 Å². The Kier molecular flexibility index (Phi) is 3.99. The van der Waals surface area contributed by atoms with Gasteiger partial charge in [-0.15, -0.1) is 0 Å². The highest BCUT2D eigenvalue weighted by atomic mass is 16.4. The Bertz CT molecular complexity index is 593. The Hall–Kier alpha value is -2.83. The van der Waals surface area contributed by atoms with Crippen molar-refractivity contribution in [1.82, 2.24) is 15.3 Å². The monoisotopic (exact) mass is 275 g/mol. The number of hydrogen-bond acceptors (Lipinski definition) is 4. The van der Waals surface area contributed by atoms with Crippen LogP contribution in [0.4, 0.5) is 0 Å². The Morgan fingerprint density at radius 1 is 1.30 bits per heavy atom. The molecule has 20 heavy (non-hydrogen) atoms. The number of carboxylic acids is 1. The number of hydrogen-bond donors (Lipinski definition) is 4. The molecular weight excluding hydrogens is 262 g/mol. The van der Waals surface area contributed by atoms with E-state index in [2.05, 4.69) is 15.3 Å². The third kappa shape index (κ3) is 3.35. The van der Waals surface area contributed by atoms with Gasteiger partial charge < -0.3 is 20.5 Å². The van der Waals surface area contributed by atoms with Gasteiger partial charge in [0.2, 0.25) is 0 Å². The van der Waals surface area contributed by atoms with E-state index < -0.39 is 17.9 Å². The minimum atomic E-state index is -1.13. The van der Waals surface area contributed by atoms with Crippen LogP contribution in [0.5, 0.6) is 5.75 Å². The molecule has 0 bridgehead atoms. The van der Waals surface area contributed by atoms with Gasteiger partial charge in [0.1, 0.15) is 11.8 Å². The van der Waals surface area contributed by atoms with E-state index in [4.69, 9.17) is 10.2 Å². The topological polar surface area (TPSA) is 115 Å². The van der Waals surface area contributed by atoms with Crippen LogP contribution in [-0.4, -0.2) is 38.1 Å². The Labute approximate surface area is 114 Å². The number of H-pyrrole nitrogens is 1. The summed E-state index contributed by atoms with van der Waals surface area (Å²) in [5.74, 6) is -1.61. The number of carbonyl (C=O) groups excluding carboxylic acids is 1. The highest BCUT2D eigenvalue weighted by Crippen LogP contribution is 2.10. The van der Waals surface area contributed by atoms with E-state index in [1.54, 1.807) is 0 Å². The average molecular weight is 275 g/mol. The Morgan fingerprint density at radius 3 is 2.55 bits per heavy atom. The molecule has 1 heterocycles. The van der Waals surface area contributed by atoms with Gasteiger partial charge in [-0.1, -0.05) is 0 Å². The molecule has 4 N–H and O–H groups in total. The number of carbonyl (C=O) groups is 2. The molecule has 0 aliphatic heterocycles. The van der Waals surface area contributed by atoms with Gasteiger partial charge in [-0.05, 0) is 24.3 Å². The van der Waals surface area contributed by atoms with Gasteiger partial charge in [0.15, 0.2) is 0 Å². The van der Waals surface area contributed by atoms with Crippen LogP contribution in [0.3, 0.4) is 0 Å². The van der Waals surface area contributed by atoms with Crippen LogP contribution in [-0.2, 0) is 11.2 Å². The van der Waals surface area contributed by atoms with Crippen LogP contribution < -0.4 is 5.32 Å². The zero-order chi connectivity index (χ0) is 14.5.